The van der Waals surface area contributed by atoms with Gasteiger partial charge in [0.05, 0.1) is 19.8 Å². The summed E-state index contributed by atoms with van der Waals surface area (Å²) in [5, 5.41) is 8.92. The van der Waals surface area contributed by atoms with Gasteiger partial charge in [-0.1, -0.05) is 168 Å². The van der Waals surface area contributed by atoms with Crippen LogP contribution in [-0.2, 0) is 32.7 Å². The molecule has 0 aromatic rings. The highest BCUT2D eigenvalue weighted by Gasteiger charge is 2.27. The maximum atomic E-state index is 12.7. The van der Waals surface area contributed by atoms with Gasteiger partial charge in [-0.3, -0.25) is 18.6 Å². The van der Waals surface area contributed by atoms with E-state index in [1.54, 1.807) is 0 Å². The minimum absolute atomic E-state index is 0.0240. The van der Waals surface area contributed by atoms with Crippen molar-refractivity contribution in [3.63, 3.8) is 0 Å². The molecule has 0 aromatic heterocycles. The van der Waals surface area contributed by atoms with E-state index in [2.05, 4.69) is 123 Å². The molecule has 0 aliphatic heterocycles. The molecular formula is C52H86NO9P. The van der Waals surface area contributed by atoms with Crippen LogP contribution in [-0.4, -0.2) is 60.5 Å². The molecule has 0 aromatic carbocycles. The van der Waals surface area contributed by atoms with Gasteiger partial charge in [-0.2, -0.15) is 0 Å². The lowest BCUT2D eigenvalue weighted by molar-refractivity contribution is -0.154. The molecule has 11 heteroatoms. The van der Waals surface area contributed by atoms with E-state index in [4.69, 9.17) is 29.4 Å². The quantitative estimate of drug-likeness (QED) is 0.0233. The Morgan fingerprint density at radius 3 is 1.38 bits per heavy atom. The third kappa shape index (κ3) is 46.4. The third-order valence-electron chi connectivity index (χ3n) is 9.54. The van der Waals surface area contributed by atoms with E-state index in [0.29, 0.717) is 13.0 Å². The highest BCUT2D eigenvalue weighted by Crippen LogP contribution is 2.43. The first-order chi connectivity index (χ1) is 30.7. The van der Waals surface area contributed by atoms with E-state index >= 15 is 0 Å². The number of hydrogen-bond acceptors (Lipinski definition) is 8. The monoisotopic (exact) mass is 900 g/mol. The van der Waals surface area contributed by atoms with Gasteiger partial charge in [-0.25, -0.2) is 4.57 Å². The fraction of sp³-hybridized carbons (Fsp3) is 0.615. The van der Waals surface area contributed by atoms with Crippen LogP contribution in [0, 0.1) is 0 Å². The number of allylic oxidation sites excluding steroid dienone is 18. The summed E-state index contributed by atoms with van der Waals surface area (Å²) in [5.41, 5.74) is 5.36. The second-order valence-electron chi connectivity index (χ2n) is 15.5. The zero-order valence-electron chi connectivity index (χ0n) is 39.1. The smallest absolute Gasteiger partial charge is 0.472 e. The van der Waals surface area contributed by atoms with Crippen LogP contribution in [0.25, 0.3) is 0 Å². The number of phosphoric ester groups is 1. The highest BCUT2D eigenvalue weighted by atomic mass is 31.2. The van der Waals surface area contributed by atoms with Crippen LogP contribution < -0.4 is 5.73 Å². The number of carboxylic acids is 1. The largest absolute Gasteiger partial charge is 0.480 e. The lowest BCUT2D eigenvalue weighted by atomic mass is 10.1. The van der Waals surface area contributed by atoms with Crippen molar-refractivity contribution >= 4 is 19.8 Å². The number of nitrogens with two attached hydrogens (primary N) is 1. The average molecular weight is 900 g/mol. The molecular weight excluding hydrogens is 814 g/mol. The lowest BCUT2D eigenvalue weighted by Gasteiger charge is -2.20. The fourth-order valence-electron chi connectivity index (χ4n) is 5.85. The maximum absolute atomic E-state index is 12.7. The molecule has 10 nitrogen and oxygen atoms in total. The summed E-state index contributed by atoms with van der Waals surface area (Å²) in [6, 6.07) is -1.49. The molecule has 0 rings (SSSR count). The number of esters is 1. The van der Waals surface area contributed by atoms with E-state index in [1.165, 1.54) is 44.9 Å². The van der Waals surface area contributed by atoms with Crippen LogP contribution in [0.2, 0.25) is 0 Å². The maximum Gasteiger partial charge on any atom is 0.472 e. The number of aliphatic carboxylic acids is 1. The van der Waals surface area contributed by atoms with E-state index in [9.17, 15) is 19.0 Å². The van der Waals surface area contributed by atoms with Gasteiger partial charge in [0.15, 0.2) is 0 Å². The van der Waals surface area contributed by atoms with E-state index in [0.717, 1.165) is 96.3 Å². The van der Waals surface area contributed by atoms with Crippen molar-refractivity contribution in [3.8, 4) is 0 Å². The molecule has 0 fully saturated rings. The van der Waals surface area contributed by atoms with Gasteiger partial charge in [-0.15, -0.1) is 0 Å². The van der Waals surface area contributed by atoms with E-state index < -0.39 is 45.1 Å². The van der Waals surface area contributed by atoms with Crippen LogP contribution in [0.1, 0.15) is 168 Å². The molecule has 0 spiro atoms. The first-order valence-corrected chi connectivity index (χ1v) is 25.4. The lowest BCUT2D eigenvalue weighted by Crippen LogP contribution is -2.34. The van der Waals surface area contributed by atoms with Crippen LogP contribution >= 0.6 is 7.82 Å². The first-order valence-electron chi connectivity index (χ1n) is 23.9. The van der Waals surface area contributed by atoms with Gasteiger partial charge in [0, 0.05) is 13.0 Å². The summed E-state index contributed by atoms with van der Waals surface area (Å²) in [6.07, 6.45) is 62.9. The van der Waals surface area contributed by atoms with Crippen LogP contribution in [0.15, 0.2) is 109 Å². The second kappa shape index (κ2) is 46.6. The van der Waals surface area contributed by atoms with E-state index in [1.807, 2.05) is 0 Å². The van der Waals surface area contributed by atoms with Gasteiger partial charge in [0.2, 0.25) is 0 Å². The molecule has 0 aliphatic carbocycles. The highest BCUT2D eigenvalue weighted by molar-refractivity contribution is 7.47. The summed E-state index contributed by atoms with van der Waals surface area (Å²) >= 11 is 0. The van der Waals surface area contributed by atoms with Gasteiger partial charge in [0.1, 0.15) is 12.1 Å². The molecule has 0 bridgehead atoms. The number of carbonyl (C=O) groups excluding carboxylic acids is 1. The third-order valence-corrected chi connectivity index (χ3v) is 10.5. The van der Waals surface area contributed by atoms with Crippen molar-refractivity contribution < 1.29 is 42.7 Å². The Hall–Kier alpha value is -3.37. The number of carbonyl (C=O) groups is 2. The second-order valence-corrected chi connectivity index (χ2v) is 17.0. The van der Waals surface area contributed by atoms with Crippen molar-refractivity contribution in [2.24, 2.45) is 5.73 Å². The van der Waals surface area contributed by atoms with Crippen LogP contribution in [0.5, 0.6) is 0 Å². The Labute approximate surface area is 382 Å². The number of ether oxygens (including phenoxy) is 2. The fourth-order valence-corrected chi connectivity index (χ4v) is 6.63. The Morgan fingerprint density at radius 1 is 0.524 bits per heavy atom. The molecule has 358 valence electrons. The topological polar surface area (TPSA) is 155 Å². The number of phosphoric acid groups is 1. The van der Waals surface area contributed by atoms with Crippen LogP contribution in [0.3, 0.4) is 0 Å². The molecule has 0 radical (unpaired) electrons. The number of hydrogen-bond donors (Lipinski definition) is 3. The van der Waals surface area contributed by atoms with Gasteiger partial charge in [0.25, 0.3) is 0 Å². The normalized spacial score (nSPS) is 14.7. The van der Waals surface area contributed by atoms with Crippen LogP contribution in [0.4, 0.5) is 0 Å². The average Bonchev–Trinajstić information content (AvgIpc) is 3.26. The number of unbranched alkanes of at least 4 members (excludes halogenated alkanes) is 12. The zero-order valence-corrected chi connectivity index (χ0v) is 40.0. The molecule has 3 atom stereocenters. The molecule has 0 saturated heterocycles. The number of rotatable bonds is 44. The summed E-state index contributed by atoms with van der Waals surface area (Å²) in [5.74, 6) is -1.82. The van der Waals surface area contributed by atoms with Gasteiger partial charge < -0.3 is 25.2 Å². The SMILES string of the molecule is CC/C=C\C/C=C\C/C=C\C/C=C\C/C=C\C/C=C\C/C=C\CCCCOCC(COP(=O)(O)OCC(N)C(=O)O)OC(=O)CCCCCCCCC/C=C\C/C=C\CCCCC. The minimum Gasteiger partial charge on any atom is -0.480 e. The molecule has 4 N–H and O–H groups in total. The molecule has 0 amide bonds. The predicted molar refractivity (Wildman–Crippen MR) is 262 cm³/mol. The Bertz CT molecular complexity index is 1410. The Kier molecular flexibility index (Phi) is 44.1. The van der Waals surface area contributed by atoms with Gasteiger partial charge in [-0.05, 0) is 103 Å². The van der Waals surface area contributed by atoms with Crippen molar-refractivity contribution in [2.75, 3.05) is 26.4 Å². The van der Waals surface area contributed by atoms with Gasteiger partial charge >= 0.3 is 19.8 Å². The Balaban J connectivity index is 4.32. The molecule has 3 unspecified atom stereocenters. The molecule has 0 saturated carbocycles. The zero-order chi connectivity index (χ0) is 46.2. The predicted octanol–water partition coefficient (Wildman–Crippen LogP) is 13.9. The first kappa shape index (κ1) is 59.6. The summed E-state index contributed by atoms with van der Waals surface area (Å²) in [7, 11) is -4.64. The molecule has 63 heavy (non-hydrogen) atoms. The minimum atomic E-state index is -4.64. The Morgan fingerprint density at radius 2 is 0.921 bits per heavy atom. The summed E-state index contributed by atoms with van der Waals surface area (Å²) < 4.78 is 33.4. The van der Waals surface area contributed by atoms with Crippen molar-refractivity contribution in [3.05, 3.63) is 109 Å². The van der Waals surface area contributed by atoms with Crippen molar-refractivity contribution in [2.45, 2.75) is 180 Å². The van der Waals surface area contributed by atoms with Crippen molar-refractivity contribution in [1.82, 2.24) is 0 Å². The van der Waals surface area contributed by atoms with E-state index in [-0.39, 0.29) is 13.0 Å². The standard InChI is InChI=1S/C52H86NO9P/c1-3-5-7-9-11-13-15-17-19-21-22-23-24-25-26-27-29-31-33-35-37-39-41-43-45-59-46-49(47-60-63(57,58)61-48-50(53)52(55)56)62-51(54)44-42-40-38-36-34-32-30-28-20-18-16-14-12-10-8-6-4-2/h5,7,11-14,17-20,22-23,25-26,29,31,35,37,49-50H,3-4,6,8-10,15-16,21,24,27-28,30,32-34,36,38-48,53H2,1-2H3,(H,55,56)(H,57,58)/b7-5-,13-11-,14-12-,19-17-,20-18-,23-22-,26-25-,31-29-,37-35-. The summed E-state index contributed by atoms with van der Waals surface area (Å²) in [6.45, 7) is 3.60. The molecule has 0 heterocycles. The molecule has 0 aliphatic rings. The number of carboxylic acid groups (broad SMARTS) is 1. The summed E-state index contributed by atoms with van der Waals surface area (Å²) in [4.78, 5) is 33.6. The van der Waals surface area contributed by atoms with Crippen molar-refractivity contribution in [1.29, 1.82) is 0 Å².